The first-order valence-corrected chi connectivity index (χ1v) is 7.57. The molecule has 6 nitrogen and oxygen atoms in total. The van der Waals surface area contributed by atoms with Crippen molar-refractivity contribution >= 4 is 29.7 Å². The van der Waals surface area contributed by atoms with Crippen LogP contribution in [0.1, 0.15) is 6.42 Å². The Morgan fingerprint density at radius 1 is 1.45 bits per heavy atom. The van der Waals surface area contributed by atoms with E-state index in [0.29, 0.717) is 28.8 Å². The maximum atomic E-state index is 12.0. The van der Waals surface area contributed by atoms with E-state index in [9.17, 15) is 4.79 Å². The Labute approximate surface area is 138 Å². The summed E-state index contributed by atoms with van der Waals surface area (Å²) in [6.07, 6.45) is 0.767. The quantitative estimate of drug-likeness (QED) is 0.599. The molecule has 0 bridgehead atoms. The summed E-state index contributed by atoms with van der Waals surface area (Å²) < 4.78 is 6.99. The molecule has 0 aliphatic rings. The number of ether oxygens (including phenoxy) is 1. The van der Waals surface area contributed by atoms with Crippen LogP contribution in [0, 0.1) is 4.77 Å². The van der Waals surface area contributed by atoms with Gasteiger partial charge >= 0.3 is 0 Å². The van der Waals surface area contributed by atoms with Crippen molar-refractivity contribution in [2.75, 3.05) is 20.3 Å². The summed E-state index contributed by atoms with van der Waals surface area (Å²) >= 11 is 11.1. The Balaban J connectivity index is 2.08. The lowest BCUT2D eigenvalue weighted by molar-refractivity contribution is -0.121. The highest BCUT2D eigenvalue weighted by Gasteiger charge is 2.12. The smallest absolute Gasteiger partial charge is 0.240 e. The van der Waals surface area contributed by atoms with Gasteiger partial charge in [-0.1, -0.05) is 11.6 Å². The summed E-state index contributed by atoms with van der Waals surface area (Å²) in [7, 11) is 1.63. The zero-order chi connectivity index (χ0) is 15.9. The van der Waals surface area contributed by atoms with Gasteiger partial charge in [-0.25, -0.2) is 0 Å². The van der Waals surface area contributed by atoms with E-state index in [-0.39, 0.29) is 12.5 Å². The normalized spacial score (nSPS) is 10.6. The lowest BCUT2D eigenvalue weighted by atomic mass is 10.2. The molecule has 1 amide bonds. The summed E-state index contributed by atoms with van der Waals surface area (Å²) in [4.78, 5) is 12.0. The zero-order valence-electron chi connectivity index (χ0n) is 12.1. The van der Waals surface area contributed by atoms with Crippen molar-refractivity contribution in [3.8, 4) is 11.4 Å². The number of amides is 1. The number of aromatic nitrogens is 3. The topological polar surface area (TPSA) is 71.9 Å². The number of aromatic amines is 1. The molecule has 0 fully saturated rings. The van der Waals surface area contributed by atoms with Crippen LogP contribution in [0.5, 0.6) is 0 Å². The molecule has 118 valence electrons. The van der Waals surface area contributed by atoms with Crippen LogP contribution in [0.3, 0.4) is 0 Å². The third-order valence-corrected chi connectivity index (χ3v) is 3.57. The third-order valence-electron chi connectivity index (χ3n) is 3.01. The van der Waals surface area contributed by atoms with Gasteiger partial charge in [0.15, 0.2) is 10.6 Å². The van der Waals surface area contributed by atoms with E-state index in [2.05, 4.69) is 15.5 Å². The number of nitrogens with zero attached hydrogens (tertiary/aromatic N) is 2. The Hall–Kier alpha value is -1.70. The highest BCUT2D eigenvalue weighted by molar-refractivity contribution is 7.71. The van der Waals surface area contributed by atoms with Gasteiger partial charge in [0.2, 0.25) is 5.91 Å². The maximum Gasteiger partial charge on any atom is 0.240 e. The third kappa shape index (κ3) is 4.40. The fourth-order valence-electron chi connectivity index (χ4n) is 1.93. The second-order valence-corrected chi connectivity index (χ2v) is 5.46. The van der Waals surface area contributed by atoms with Crippen molar-refractivity contribution in [3.63, 3.8) is 0 Å². The predicted octanol–water partition coefficient (Wildman–Crippen LogP) is 2.41. The molecular formula is C14H17ClN4O2S. The number of nitrogens with one attached hydrogen (secondary N) is 2. The molecule has 0 radical (unpaired) electrons. The summed E-state index contributed by atoms with van der Waals surface area (Å²) in [5, 5.41) is 10.4. The molecule has 1 aromatic heterocycles. The van der Waals surface area contributed by atoms with Crippen LogP contribution in [-0.2, 0) is 16.1 Å². The number of methoxy groups -OCH3 is 1. The molecule has 1 heterocycles. The molecule has 22 heavy (non-hydrogen) atoms. The van der Waals surface area contributed by atoms with E-state index in [4.69, 9.17) is 28.6 Å². The van der Waals surface area contributed by atoms with Crippen molar-refractivity contribution in [3.05, 3.63) is 34.1 Å². The van der Waals surface area contributed by atoms with Crippen molar-refractivity contribution in [2.24, 2.45) is 0 Å². The number of carbonyl (C=O) groups is 1. The summed E-state index contributed by atoms with van der Waals surface area (Å²) in [6, 6.07) is 7.20. The van der Waals surface area contributed by atoms with Crippen LogP contribution < -0.4 is 5.32 Å². The summed E-state index contributed by atoms with van der Waals surface area (Å²) in [6.45, 7) is 1.29. The van der Waals surface area contributed by atoms with E-state index in [0.717, 1.165) is 12.0 Å². The second kappa shape index (κ2) is 8.07. The monoisotopic (exact) mass is 340 g/mol. The average Bonchev–Trinajstić information content (AvgIpc) is 2.86. The molecule has 0 aliphatic heterocycles. The van der Waals surface area contributed by atoms with E-state index in [1.165, 1.54) is 0 Å². The average molecular weight is 341 g/mol. The Morgan fingerprint density at radius 3 is 2.86 bits per heavy atom. The van der Waals surface area contributed by atoms with E-state index in [1.54, 1.807) is 23.8 Å². The number of hydrogen-bond acceptors (Lipinski definition) is 4. The van der Waals surface area contributed by atoms with Crippen LogP contribution in [0.25, 0.3) is 11.4 Å². The second-order valence-electron chi connectivity index (χ2n) is 4.64. The molecule has 0 saturated heterocycles. The van der Waals surface area contributed by atoms with Crippen molar-refractivity contribution in [1.82, 2.24) is 20.1 Å². The zero-order valence-corrected chi connectivity index (χ0v) is 13.7. The number of carbonyl (C=O) groups excluding carboxylic acids is 1. The molecule has 2 N–H and O–H groups in total. The Morgan fingerprint density at radius 2 is 2.18 bits per heavy atom. The molecule has 2 aromatic rings. The molecule has 2 rings (SSSR count). The van der Waals surface area contributed by atoms with Crippen LogP contribution in [-0.4, -0.2) is 40.9 Å². The summed E-state index contributed by atoms with van der Waals surface area (Å²) in [5.41, 5.74) is 0.837. The fourth-order valence-corrected chi connectivity index (χ4v) is 2.25. The highest BCUT2D eigenvalue weighted by Crippen LogP contribution is 2.19. The molecule has 0 unspecified atom stereocenters. The first-order chi connectivity index (χ1) is 10.6. The van der Waals surface area contributed by atoms with Gasteiger partial charge in [0.1, 0.15) is 6.54 Å². The number of hydrogen-bond donors (Lipinski definition) is 2. The van der Waals surface area contributed by atoms with Gasteiger partial charge in [-0.3, -0.25) is 14.5 Å². The minimum Gasteiger partial charge on any atom is -0.385 e. The van der Waals surface area contributed by atoms with Crippen molar-refractivity contribution in [1.29, 1.82) is 0 Å². The molecule has 0 aliphatic carbocycles. The fraction of sp³-hybridized carbons (Fsp3) is 0.357. The van der Waals surface area contributed by atoms with Crippen molar-refractivity contribution < 1.29 is 9.53 Å². The molecule has 1 aromatic carbocycles. The Bertz CT molecular complexity index is 681. The lowest BCUT2D eigenvalue weighted by Gasteiger charge is -2.08. The first kappa shape index (κ1) is 16.7. The molecule has 0 atom stereocenters. The van der Waals surface area contributed by atoms with Gasteiger partial charge < -0.3 is 10.1 Å². The van der Waals surface area contributed by atoms with Crippen molar-refractivity contribution in [2.45, 2.75) is 13.0 Å². The Kier molecular flexibility index (Phi) is 6.11. The maximum absolute atomic E-state index is 12.0. The van der Waals surface area contributed by atoms with E-state index >= 15 is 0 Å². The minimum absolute atomic E-state index is 0.111. The predicted molar refractivity (Wildman–Crippen MR) is 87.4 cm³/mol. The van der Waals surface area contributed by atoms with E-state index in [1.807, 2.05) is 12.1 Å². The molecular weight excluding hydrogens is 324 g/mol. The molecule has 0 spiro atoms. The highest BCUT2D eigenvalue weighted by atomic mass is 35.5. The number of halogens is 1. The van der Waals surface area contributed by atoms with Gasteiger partial charge in [-0.15, -0.1) is 0 Å². The van der Waals surface area contributed by atoms with Gasteiger partial charge in [0, 0.05) is 30.8 Å². The molecule has 0 saturated carbocycles. The number of H-pyrrole nitrogens is 1. The SMILES string of the molecule is COCCCNC(=O)Cn1c(-c2ccc(Cl)cc2)n[nH]c1=S. The molecule has 8 heteroatoms. The number of rotatable bonds is 7. The standard InChI is InChI=1S/C14H17ClN4O2S/c1-21-8-2-7-16-12(20)9-19-13(17-18-14(19)22)10-3-5-11(15)6-4-10/h3-6H,2,7-9H2,1H3,(H,16,20)(H,18,22). The minimum atomic E-state index is -0.121. The van der Waals surface area contributed by atoms with Gasteiger partial charge in [-0.05, 0) is 42.9 Å². The lowest BCUT2D eigenvalue weighted by Crippen LogP contribution is -2.29. The van der Waals surface area contributed by atoms with Gasteiger partial charge in [0.05, 0.1) is 0 Å². The van der Waals surface area contributed by atoms with Gasteiger partial charge in [-0.2, -0.15) is 5.10 Å². The van der Waals surface area contributed by atoms with Crippen LogP contribution in [0.4, 0.5) is 0 Å². The van der Waals surface area contributed by atoms with Crippen LogP contribution in [0.15, 0.2) is 24.3 Å². The number of benzene rings is 1. The van der Waals surface area contributed by atoms with Gasteiger partial charge in [0.25, 0.3) is 0 Å². The summed E-state index contributed by atoms with van der Waals surface area (Å²) in [5.74, 6) is 0.484. The van der Waals surface area contributed by atoms with Crippen LogP contribution >= 0.6 is 23.8 Å². The first-order valence-electron chi connectivity index (χ1n) is 6.78. The van der Waals surface area contributed by atoms with Crippen LogP contribution in [0.2, 0.25) is 5.02 Å². The van der Waals surface area contributed by atoms with E-state index < -0.39 is 0 Å². The largest absolute Gasteiger partial charge is 0.385 e.